The van der Waals surface area contributed by atoms with Gasteiger partial charge in [-0.05, 0) is 18.1 Å². The van der Waals surface area contributed by atoms with Gasteiger partial charge in [-0.1, -0.05) is 35.9 Å². The van der Waals surface area contributed by atoms with E-state index in [0.717, 1.165) is 16.8 Å². The number of benzene rings is 1. The number of aryl methyl sites for hydroxylation is 1. The second kappa shape index (κ2) is 5.77. The van der Waals surface area contributed by atoms with Crippen LogP contribution in [0, 0.1) is 6.92 Å². The second-order valence-electron chi connectivity index (χ2n) is 6.03. The zero-order chi connectivity index (χ0) is 16.8. The maximum Gasteiger partial charge on any atom is 0.180 e. The maximum atomic E-state index is 10.4. The molecule has 24 heavy (non-hydrogen) atoms. The van der Waals surface area contributed by atoms with E-state index in [1.54, 1.807) is 16.7 Å². The lowest BCUT2D eigenvalue weighted by Crippen LogP contribution is -2.19. The van der Waals surface area contributed by atoms with Crippen molar-refractivity contribution < 1.29 is 14.9 Å². The summed E-state index contributed by atoms with van der Waals surface area (Å²) < 4.78 is 7.86. The van der Waals surface area contributed by atoms with Crippen LogP contribution in [-0.2, 0) is 13.0 Å². The summed E-state index contributed by atoms with van der Waals surface area (Å²) in [5.41, 5.74) is 4.04. The zero-order valence-corrected chi connectivity index (χ0v) is 13.9. The van der Waals surface area contributed by atoms with Gasteiger partial charge in [-0.15, -0.1) is 0 Å². The number of nitrogens with zero attached hydrogens (tertiary/aromatic N) is 2. The molecule has 0 radical (unpaired) electrons. The average molecular weight is 345 g/mol. The van der Waals surface area contributed by atoms with Gasteiger partial charge >= 0.3 is 0 Å². The molecule has 3 aromatic rings. The van der Waals surface area contributed by atoms with Crippen molar-refractivity contribution in [2.75, 3.05) is 0 Å². The first-order valence-corrected chi connectivity index (χ1v) is 8.16. The number of aromatic nitrogens is 2. The van der Waals surface area contributed by atoms with Crippen molar-refractivity contribution in [1.29, 1.82) is 0 Å². The molecule has 4 rings (SSSR count). The molecule has 1 aromatic carbocycles. The van der Waals surface area contributed by atoms with Crippen LogP contribution in [0.1, 0.15) is 28.6 Å². The van der Waals surface area contributed by atoms with Gasteiger partial charge < -0.3 is 14.9 Å². The van der Waals surface area contributed by atoms with E-state index >= 15 is 0 Å². The van der Waals surface area contributed by atoms with E-state index in [2.05, 4.69) is 4.98 Å². The Balaban J connectivity index is 1.80. The summed E-state index contributed by atoms with van der Waals surface area (Å²) in [6.07, 6.45) is 1.19. The molecule has 2 atom stereocenters. The van der Waals surface area contributed by atoms with E-state index < -0.39 is 12.2 Å². The van der Waals surface area contributed by atoms with Crippen LogP contribution in [0.15, 0.2) is 36.5 Å². The van der Waals surface area contributed by atoms with Crippen LogP contribution in [0.5, 0.6) is 5.75 Å². The standard InChI is InChI=1S/C18H17ClN2O3/c1-10-14(9-22)21-8-12(19)7-16(18(21)20-10)24-17-13-5-3-2-4-11(13)6-15(17)23/h2-5,7-8,15,17,22-23H,6,9H2,1H3. The Kier molecular flexibility index (Phi) is 3.72. The van der Waals surface area contributed by atoms with Crippen molar-refractivity contribution in [3.8, 4) is 5.75 Å². The lowest BCUT2D eigenvalue weighted by Gasteiger charge is -2.19. The van der Waals surface area contributed by atoms with Gasteiger partial charge in [-0.2, -0.15) is 0 Å². The number of halogens is 1. The van der Waals surface area contributed by atoms with Gasteiger partial charge in [-0.25, -0.2) is 4.98 Å². The van der Waals surface area contributed by atoms with E-state index in [9.17, 15) is 10.2 Å². The van der Waals surface area contributed by atoms with Gasteiger partial charge in [0.25, 0.3) is 0 Å². The summed E-state index contributed by atoms with van der Waals surface area (Å²) in [6, 6.07) is 9.55. The first-order chi connectivity index (χ1) is 11.6. The lowest BCUT2D eigenvalue weighted by atomic mass is 10.1. The number of pyridine rings is 1. The third kappa shape index (κ3) is 2.36. The second-order valence-corrected chi connectivity index (χ2v) is 6.46. The molecule has 5 nitrogen and oxygen atoms in total. The highest BCUT2D eigenvalue weighted by molar-refractivity contribution is 6.30. The molecule has 2 aromatic heterocycles. The Labute approximate surface area is 144 Å². The molecule has 1 aliphatic carbocycles. The Morgan fingerprint density at radius 3 is 2.96 bits per heavy atom. The molecule has 124 valence electrons. The van der Waals surface area contributed by atoms with Gasteiger partial charge in [0, 0.05) is 18.7 Å². The van der Waals surface area contributed by atoms with Crippen LogP contribution in [0.3, 0.4) is 0 Å². The van der Waals surface area contributed by atoms with Gasteiger partial charge in [0.2, 0.25) is 0 Å². The Bertz CT molecular complexity index is 922. The molecule has 0 spiro atoms. The molecule has 2 heterocycles. The van der Waals surface area contributed by atoms with E-state index in [1.807, 2.05) is 31.2 Å². The van der Waals surface area contributed by atoms with Crippen molar-refractivity contribution in [2.24, 2.45) is 0 Å². The van der Waals surface area contributed by atoms with Crippen LogP contribution >= 0.6 is 11.6 Å². The number of aliphatic hydroxyl groups excluding tert-OH is 2. The molecule has 0 aliphatic heterocycles. The summed E-state index contributed by atoms with van der Waals surface area (Å²) >= 11 is 6.21. The molecule has 0 bridgehead atoms. The summed E-state index contributed by atoms with van der Waals surface area (Å²) in [7, 11) is 0. The number of rotatable bonds is 3. The van der Waals surface area contributed by atoms with Gasteiger partial charge in [0.15, 0.2) is 17.5 Å². The molecular weight excluding hydrogens is 328 g/mol. The molecule has 1 aliphatic rings. The number of ether oxygens (including phenoxy) is 1. The van der Waals surface area contributed by atoms with Crippen molar-refractivity contribution >= 4 is 17.2 Å². The minimum absolute atomic E-state index is 0.137. The highest BCUT2D eigenvalue weighted by Crippen LogP contribution is 2.37. The highest BCUT2D eigenvalue weighted by atomic mass is 35.5. The lowest BCUT2D eigenvalue weighted by molar-refractivity contribution is 0.0502. The molecular formula is C18H17ClN2O3. The topological polar surface area (TPSA) is 67.0 Å². The fraction of sp³-hybridized carbons (Fsp3) is 0.278. The minimum atomic E-state index is -0.616. The van der Waals surface area contributed by atoms with Crippen LogP contribution in [0.4, 0.5) is 0 Å². The van der Waals surface area contributed by atoms with E-state index in [1.165, 1.54) is 0 Å². The van der Waals surface area contributed by atoms with Crippen LogP contribution in [-0.4, -0.2) is 25.7 Å². The first kappa shape index (κ1) is 15.4. The molecule has 6 heteroatoms. The number of hydrogen-bond donors (Lipinski definition) is 2. The number of fused-ring (bicyclic) bond motifs is 2. The average Bonchev–Trinajstić information content (AvgIpc) is 3.04. The normalized spacial score (nSPS) is 19.7. The van der Waals surface area contributed by atoms with E-state index in [-0.39, 0.29) is 6.61 Å². The van der Waals surface area contributed by atoms with Gasteiger partial charge in [0.05, 0.1) is 29.1 Å². The maximum absolute atomic E-state index is 10.4. The third-order valence-electron chi connectivity index (χ3n) is 4.50. The number of imidazole rings is 1. The fourth-order valence-corrected chi connectivity index (χ4v) is 3.53. The number of hydrogen-bond acceptors (Lipinski definition) is 4. The summed E-state index contributed by atoms with van der Waals surface area (Å²) in [5, 5.41) is 20.4. The molecule has 0 saturated carbocycles. The van der Waals surface area contributed by atoms with E-state index in [0.29, 0.717) is 28.5 Å². The van der Waals surface area contributed by atoms with Crippen LogP contribution in [0.2, 0.25) is 5.02 Å². The minimum Gasteiger partial charge on any atom is -0.479 e. The smallest absolute Gasteiger partial charge is 0.180 e. The van der Waals surface area contributed by atoms with Crippen molar-refractivity contribution in [3.63, 3.8) is 0 Å². The summed E-state index contributed by atoms with van der Waals surface area (Å²) in [4.78, 5) is 4.49. The number of aliphatic hydroxyl groups is 2. The SMILES string of the molecule is Cc1nc2c(OC3c4ccccc4CC3O)cc(Cl)cn2c1CO. The van der Waals surface area contributed by atoms with E-state index in [4.69, 9.17) is 16.3 Å². The molecule has 0 saturated heterocycles. The summed E-state index contributed by atoms with van der Waals surface area (Å²) in [6.45, 7) is 1.69. The van der Waals surface area contributed by atoms with Crippen molar-refractivity contribution in [1.82, 2.24) is 9.38 Å². The van der Waals surface area contributed by atoms with Gasteiger partial charge in [-0.3, -0.25) is 4.40 Å². The molecule has 2 unspecified atom stereocenters. The van der Waals surface area contributed by atoms with Gasteiger partial charge in [0.1, 0.15) is 0 Å². The monoisotopic (exact) mass is 344 g/mol. The van der Waals surface area contributed by atoms with Crippen LogP contribution < -0.4 is 4.74 Å². The third-order valence-corrected chi connectivity index (χ3v) is 4.70. The highest BCUT2D eigenvalue weighted by Gasteiger charge is 2.33. The fourth-order valence-electron chi connectivity index (χ4n) is 3.34. The largest absolute Gasteiger partial charge is 0.479 e. The van der Waals surface area contributed by atoms with Crippen molar-refractivity contribution in [2.45, 2.75) is 32.2 Å². The molecule has 0 fully saturated rings. The zero-order valence-electron chi connectivity index (χ0n) is 13.1. The Hall–Kier alpha value is -2.08. The first-order valence-electron chi connectivity index (χ1n) is 7.79. The quantitative estimate of drug-likeness (QED) is 0.766. The predicted octanol–water partition coefficient (Wildman–Crippen LogP) is 2.83. The summed E-state index contributed by atoms with van der Waals surface area (Å²) in [5.74, 6) is 0.492. The van der Waals surface area contributed by atoms with Crippen LogP contribution in [0.25, 0.3) is 5.65 Å². The molecule has 0 amide bonds. The Morgan fingerprint density at radius 1 is 1.38 bits per heavy atom. The predicted molar refractivity (Wildman–Crippen MR) is 90.4 cm³/mol. The molecule has 2 N–H and O–H groups in total. The Morgan fingerprint density at radius 2 is 2.17 bits per heavy atom. The van der Waals surface area contributed by atoms with Crippen molar-refractivity contribution in [3.05, 3.63) is 64.1 Å².